The van der Waals surface area contributed by atoms with E-state index >= 15 is 0 Å². The molecule has 0 rings (SSSR count). The van der Waals surface area contributed by atoms with Crippen LogP contribution in [0.25, 0.3) is 0 Å². The standard InChI is InChI=1S/C16H34B2/c1-5-11-17(12-6-2)15-9-10-16-18(13-7-3)14-8-4/h9-10H,5-8,11-16H2,1-4H3/b10-9-. The van der Waals surface area contributed by atoms with Gasteiger partial charge in [-0.2, -0.15) is 0 Å². The van der Waals surface area contributed by atoms with Gasteiger partial charge in [0.2, 0.25) is 0 Å². The van der Waals surface area contributed by atoms with Crippen molar-refractivity contribution in [2.75, 3.05) is 0 Å². The smallest absolute Gasteiger partial charge is 0.0964 e. The summed E-state index contributed by atoms with van der Waals surface area (Å²) in [7, 11) is 0. The second-order valence-electron chi connectivity index (χ2n) is 5.83. The minimum atomic E-state index is 0.937. The number of hydrogen-bond acceptors (Lipinski definition) is 0. The first kappa shape index (κ1) is 17.9. The molecule has 0 heterocycles. The van der Waals surface area contributed by atoms with E-state index in [2.05, 4.69) is 39.8 Å². The molecule has 0 N–H and O–H groups in total. The SMILES string of the molecule is CCCB(C/C=C\CB(CCC)CCC)CCC. The van der Waals surface area contributed by atoms with Crippen LogP contribution in [-0.2, 0) is 0 Å². The Bertz CT molecular complexity index is 158. The Hall–Kier alpha value is -0.130. The van der Waals surface area contributed by atoms with Crippen LogP contribution in [0.4, 0.5) is 0 Å². The molecule has 0 atom stereocenters. The van der Waals surface area contributed by atoms with Crippen molar-refractivity contribution in [1.29, 1.82) is 0 Å². The lowest BCUT2D eigenvalue weighted by Gasteiger charge is -2.10. The number of rotatable bonds is 12. The Kier molecular flexibility index (Phi) is 13.2. The zero-order chi connectivity index (χ0) is 13.6. The van der Waals surface area contributed by atoms with E-state index in [9.17, 15) is 0 Å². The zero-order valence-electron chi connectivity index (χ0n) is 13.4. The predicted octanol–water partition coefficient (Wildman–Crippen LogP) is 6.17. The second-order valence-corrected chi connectivity index (χ2v) is 5.83. The van der Waals surface area contributed by atoms with E-state index in [0.29, 0.717) is 0 Å². The molecule has 0 saturated heterocycles. The maximum atomic E-state index is 2.47. The van der Waals surface area contributed by atoms with E-state index in [1.54, 1.807) is 0 Å². The minimum absolute atomic E-state index is 0.937. The van der Waals surface area contributed by atoms with Gasteiger partial charge in [0.05, 0.1) is 0 Å². The van der Waals surface area contributed by atoms with Gasteiger partial charge in [0.25, 0.3) is 0 Å². The van der Waals surface area contributed by atoms with Crippen molar-refractivity contribution in [1.82, 2.24) is 0 Å². The summed E-state index contributed by atoms with van der Waals surface area (Å²) in [5.41, 5.74) is 0. The van der Waals surface area contributed by atoms with Gasteiger partial charge in [-0.25, -0.2) is 0 Å². The molecule has 0 aromatic carbocycles. The molecule has 0 aliphatic heterocycles. The zero-order valence-corrected chi connectivity index (χ0v) is 13.4. The molecule has 0 spiro atoms. The van der Waals surface area contributed by atoms with Crippen LogP contribution in [0.2, 0.25) is 37.9 Å². The minimum Gasteiger partial charge on any atom is -0.0964 e. The molecule has 0 aromatic heterocycles. The highest BCUT2D eigenvalue weighted by molar-refractivity contribution is 6.60. The Balaban J connectivity index is 3.88. The van der Waals surface area contributed by atoms with Crippen LogP contribution in [0.3, 0.4) is 0 Å². The summed E-state index contributed by atoms with van der Waals surface area (Å²) in [5, 5.41) is 0. The van der Waals surface area contributed by atoms with Crippen LogP contribution in [0.5, 0.6) is 0 Å². The van der Waals surface area contributed by atoms with Gasteiger partial charge in [0.15, 0.2) is 0 Å². The third kappa shape index (κ3) is 9.85. The van der Waals surface area contributed by atoms with Gasteiger partial charge < -0.3 is 0 Å². The van der Waals surface area contributed by atoms with Crippen LogP contribution in [0, 0.1) is 0 Å². The van der Waals surface area contributed by atoms with E-state index in [4.69, 9.17) is 0 Å². The van der Waals surface area contributed by atoms with Crippen LogP contribution >= 0.6 is 0 Å². The molecule has 0 amide bonds. The molecule has 0 aromatic rings. The van der Waals surface area contributed by atoms with Crippen molar-refractivity contribution in [2.24, 2.45) is 0 Å². The molecular weight excluding hydrogens is 214 g/mol. The van der Waals surface area contributed by atoms with Crippen molar-refractivity contribution < 1.29 is 0 Å². The van der Waals surface area contributed by atoms with Crippen LogP contribution < -0.4 is 0 Å². The van der Waals surface area contributed by atoms with Crippen molar-refractivity contribution in [3.8, 4) is 0 Å². The summed E-state index contributed by atoms with van der Waals surface area (Å²) in [4.78, 5) is 0. The molecule has 0 unspecified atom stereocenters. The Labute approximate surface area is 117 Å². The number of hydrogen-bond donors (Lipinski definition) is 0. The van der Waals surface area contributed by atoms with E-state index in [0.717, 1.165) is 13.4 Å². The lowest BCUT2D eigenvalue weighted by molar-refractivity contribution is 0.996. The topological polar surface area (TPSA) is 0 Å². The van der Waals surface area contributed by atoms with Crippen molar-refractivity contribution in [2.45, 2.75) is 91.3 Å². The summed E-state index contributed by atoms with van der Waals surface area (Å²) in [6.07, 6.45) is 18.6. The average Bonchev–Trinajstić information content (AvgIpc) is 2.35. The van der Waals surface area contributed by atoms with Gasteiger partial charge in [-0.3, -0.25) is 0 Å². The molecule has 0 radical (unpaired) electrons. The van der Waals surface area contributed by atoms with Gasteiger partial charge in [0, 0.05) is 0 Å². The lowest BCUT2D eigenvalue weighted by atomic mass is 9.41. The monoisotopic (exact) mass is 248 g/mol. The Morgan fingerprint density at radius 3 is 1.06 bits per heavy atom. The molecule has 0 bridgehead atoms. The van der Waals surface area contributed by atoms with Crippen molar-refractivity contribution in [3.05, 3.63) is 12.2 Å². The van der Waals surface area contributed by atoms with E-state index in [-0.39, 0.29) is 0 Å². The van der Waals surface area contributed by atoms with Gasteiger partial charge >= 0.3 is 0 Å². The molecule has 0 aliphatic rings. The van der Waals surface area contributed by atoms with Gasteiger partial charge in [0.1, 0.15) is 13.4 Å². The Morgan fingerprint density at radius 1 is 0.556 bits per heavy atom. The third-order valence-corrected chi connectivity index (χ3v) is 3.89. The largest absolute Gasteiger partial charge is 0.143 e. The molecule has 2 heteroatoms. The quantitative estimate of drug-likeness (QED) is 0.286. The predicted molar refractivity (Wildman–Crippen MR) is 90.7 cm³/mol. The van der Waals surface area contributed by atoms with Gasteiger partial charge in [-0.05, 0) is 0 Å². The van der Waals surface area contributed by atoms with E-state index < -0.39 is 0 Å². The Morgan fingerprint density at radius 2 is 0.833 bits per heavy atom. The molecular formula is C16H34B2. The maximum Gasteiger partial charge on any atom is 0.143 e. The fourth-order valence-corrected chi connectivity index (χ4v) is 2.97. The molecule has 104 valence electrons. The highest BCUT2D eigenvalue weighted by Gasteiger charge is 2.10. The molecule has 0 nitrogen and oxygen atoms in total. The molecule has 0 saturated carbocycles. The molecule has 18 heavy (non-hydrogen) atoms. The van der Waals surface area contributed by atoms with E-state index in [1.165, 1.54) is 63.6 Å². The summed E-state index contributed by atoms with van der Waals surface area (Å²) in [6.45, 7) is 11.1. The molecule has 0 aliphatic carbocycles. The highest BCUT2D eigenvalue weighted by atomic mass is 13.8. The van der Waals surface area contributed by atoms with E-state index in [1.807, 2.05) is 0 Å². The maximum absolute atomic E-state index is 2.47. The van der Waals surface area contributed by atoms with Crippen molar-refractivity contribution in [3.63, 3.8) is 0 Å². The third-order valence-electron chi connectivity index (χ3n) is 3.89. The fraction of sp³-hybridized carbons (Fsp3) is 0.875. The first-order chi connectivity index (χ1) is 8.78. The van der Waals surface area contributed by atoms with Crippen LogP contribution in [0.15, 0.2) is 12.2 Å². The van der Waals surface area contributed by atoms with Crippen molar-refractivity contribution >= 4 is 13.4 Å². The highest BCUT2D eigenvalue weighted by Crippen LogP contribution is 2.14. The summed E-state index contributed by atoms with van der Waals surface area (Å²) >= 11 is 0. The van der Waals surface area contributed by atoms with Crippen LogP contribution in [0.1, 0.15) is 53.4 Å². The lowest BCUT2D eigenvalue weighted by Crippen LogP contribution is -2.11. The first-order valence-electron chi connectivity index (χ1n) is 8.43. The summed E-state index contributed by atoms with van der Waals surface area (Å²) in [5.74, 6) is 0. The fourth-order valence-electron chi connectivity index (χ4n) is 2.97. The summed E-state index contributed by atoms with van der Waals surface area (Å²) in [6, 6.07) is 0. The summed E-state index contributed by atoms with van der Waals surface area (Å²) < 4.78 is 0. The van der Waals surface area contributed by atoms with Gasteiger partial charge in [-0.15, -0.1) is 0 Å². The van der Waals surface area contributed by atoms with Gasteiger partial charge in [-0.1, -0.05) is 103 Å². The molecule has 0 fully saturated rings. The second kappa shape index (κ2) is 13.3. The average molecular weight is 248 g/mol. The van der Waals surface area contributed by atoms with Crippen LogP contribution in [-0.4, -0.2) is 13.4 Å². The normalized spacial score (nSPS) is 11.1. The number of allylic oxidation sites excluding steroid dienone is 2. The first-order valence-corrected chi connectivity index (χ1v) is 8.43.